The molecule has 64 valence electrons. The third-order valence-corrected chi connectivity index (χ3v) is 2.30. The molecule has 1 N–H and O–H groups in total. The number of rotatable bonds is 2. The zero-order chi connectivity index (χ0) is 9.14. The number of hydrogen-bond acceptors (Lipinski definition) is 1. The first-order valence-corrected chi connectivity index (χ1v) is 4.59. The van der Waals surface area contributed by atoms with Crippen LogP contribution >= 0.6 is 0 Å². The molecular formula is C9H10O2S. The van der Waals surface area contributed by atoms with E-state index < -0.39 is 11.1 Å². The first kappa shape index (κ1) is 9.16. The van der Waals surface area contributed by atoms with Crippen LogP contribution in [-0.4, -0.2) is 8.76 Å². The van der Waals surface area contributed by atoms with Crippen molar-refractivity contribution in [3.8, 4) is 0 Å². The minimum Gasteiger partial charge on any atom is -0.302 e. The van der Waals surface area contributed by atoms with E-state index in [2.05, 4.69) is 6.58 Å². The van der Waals surface area contributed by atoms with Gasteiger partial charge in [-0.15, -0.1) is 0 Å². The van der Waals surface area contributed by atoms with Crippen molar-refractivity contribution in [3.05, 3.63) is 42.0 Å². The van der Waals surface area contributed by atoms with Gasteiger partial charge in [0.2, 0.25) is 0 Å². The lowest BCUT2D eigenvalue weighted by atomic mass is 10.1. The van der Waals surface area contributed by atoms with Crippen molar-refractivity contribution < 1.29 is 8.76 Å². The molecule has 0 heterocycles. The summed E-state index contributed by atoms with van der Waals surface area (Å²) in [5, 5.41) is 0. The summed E-state index contributed by atoms with van der Waals surface area (Å²) in [6, 6.07) is 7.37. The van der Waals surface area contributed by atoms with Gasteiger partial charge in [0.05, 0.1) is 4.91 Å². The quantitative estimate of drug-likeness (QED) is 0.712. The van der Waals surface area contributed by atoms with Crippen LogP contribution in [0.4, 0.5) is 0 Å². The highest BCUT2D eigenvalue weighted by atomic mass is 32.2. The van der Waals surface area contributed by atoms with Gasteiger partial charge in [0.1, 0.15) is 0 Å². The van der Waals surface area contributed by atoms with E-state index in [4.69, 9.17) is 4.55 Å². The van der Waals surface area contributed by atoms with E-state index in [-0.39, 0.29) is 4.91 Å². The van der Waals surface area contributed by atoms with Crippen LogP contribution < -0.4 is 0 Å². The molecule has 0 spiro atoms. The second-order valence-electron chi connectivity index (χ2n) is 2.49. The summed E-state index contributed by atoms with van der Waals surface area (Å²) < 4.78 is 19.4. The predicted octanol–water partition coefficient (Wildman–Crippen LogP) is 2.19. The summed E-state index contributed by atoms with van der Waals surface area (Å²) in [6.07, 6.45) is 0. The second kappa shape index (κ2) is 3.65. The number of aryl methyl sites for hydroxylation is 1. The van der Waals surface area contributed by atoms with Gasteiger partial charge < -0.3 is 4.55 Å². The van der Waals surface area contributed by atoms with Gasteiger partial charge in [-0.3, -0.25) is 0 Å². The summed E-state index contributed by atoms with van der Waals surface area (Å²) in [6.45, 7) is 5.42. The Balaban J connectivity index is 3.11. The van der Waals surface area contributed by atoms with Crippen molar-refractivity contribution in [2.75, 3.05) is 0 Å². The Bertz CT molecular complexity index is 331. The summed E-state index contributed by atoms with van der Waals surface area (Å²) in [5.74, 6) is 0. The molecule has 0 radical (unpaired) electrons. The molecule has 1 unspecified atom stereocenters. The Kier molecular flexibility index (Phi) is 2.78. The Morgan fingerprint density at radius 2 is 2.08 bits per heavy atom. The predicted molar refractivity (Wildman–Crippen MR) is 51.0 cm³/mol. The van der Waals surface area contributed by atoms with E-state index in [0.717, 1.165) is 11.1 Å². The van der Waals surface area contributed by atoms with Gasteiger partial charge in [-0.25, -0.2) is 4.21 Å². The third kappa shape index (κ3) is 1.81. The maximum atomic E-state index is 10.7. The maximum absolute atomic E-state index is 10.7. The van der Waals surface area contributed by atoms with E-state index in [1.165, 1.54) is 0 Å². The van der Waals surface area contributed by atoms with Gasteiger partial charge >= 0.3 is 0 Å². The molecule has 0 amide bonds. The van der Waals surface area contributed by atoms with Crippen molar-refractivity contribution in [1.82, 2.24) is 0 Å². The lowest BCUT2D eigenvalue weighted by molar-refractivity contribution is 0.575. The standard InChI is InChI=1S/C9H10O2S/c1-7-5-3-4-6-9(7)8(2)12(10)11/h3-6H,2H2,1H3,(H,10,11). The molecule has 0 saturated carbocycles. The van der Waals surface area contributed by atoms with Gasteiger partial charge in [-0.05, 0) is 18.1 Å². The van der Waals surface area contributed by atoms with Gasteiger partial charge in [0, 0.05) is 0 Å². The first-order valence-electron chi connectivity index (χ1n) is 3.48. The fraction of sp³-hybridized carbons (Fsp3) is 0.111. The molecule has 0 saturated heterocycles. The summed E-state index contributed by atoms with van der Waals surface area (Å²) in [4.78, 5) is 0.258. The Hall–Kier alpha value is -0.930. The molecule has 12 heavy (non-hydrogen) atoms. The van der Waals surface area contributed by atoms with E-state index in [1.807, 2.05) is 25.1 Å². The van der Waals surface area contributed by atoms with E-state index >= 15 is 0 Å². The van der Waals surface area contributed by atoms with E-state index in [9.17, 15) is 4.21 Å². The van der Waals surface area contributed by atoms with Crippen LogP contribution in [0.5, 0.6) is 0 Å². The smallest absolute Gasteiger partial charge is 0.186 e. The third-order valence-electron chi connectivity index (χ3n) is 1.66. The van der Waals surface area contributed by atoms with Gasteiger partial charge in [-0.2, -0.15) is 0 Å². The molecule has 1 rings (SSSR count). The second-order valence-corrected chi connectivity index (χ2v) is 3.48. The maximum Gasteiger partial charge on any atom is 0.186 e. The summed E-state index contributed by atoms with van der Waals surface area (Å²) in [7, 11) is 0. The zero-order valence-corrected chi connectivity index (χ0v) is 7.60. The monoisotopic (exact) mass is 182 g/mol. The molecule has 1 atom stereocenters. The molecule has 0 aliphatic rings. The Morgan fingerprint density at radius 3 is 2.58 bits per heavy atom. The van der Waals surface area contributed by atoms with Crippen LogP contribution in [0.1, 0.15) is 11.1 Å². The van der Waals surface area contributed by atoms with Crippen LogP contribution in [0.2, 0.25) is 0 Å². The summed E-state index contributed by atoms with van der Waals surface area (Å²) >= 11 is -1.97. The van der Waals surface area contributed by atoms with Gasteiger partial charge in [0.25, 0.3) is 0 Å². The molecule has 0 fully saturated rings. The van der Waals surface area contributed by atoms with Crippen molar-refractivity contribution in [2.45, 2.75) is 6.92 Å². The topological polar surface area (TPSA) is 37.3 Å². The van der Waals surface area contributed by atoms with Crippen LogP contribution in [0.15, 0.2) is 30.8 Å². The van der Waals surface area contributed by atoms with Crippen molar-refractivity contribution in [3.63, 3.8) is 0 Å². The molecule has 3 heteroatoms. The van der Waals surface area contributed by atoms with E-state index in [0.29, 0.717) is 0 Å². The zero-order valence-electron chi connectivity index (χ0n) is 6.78. The van der Waals surface area contributed by atoms with Crippen molar-refractivity contribution in [1.29, 1.82) is 0 Å². The number of benzene rings is 1. The fourth-order valence-electron chi connectivity index (χ4n) is 0.980. The largest absolute Gasteiger partial charge is 0.302 e. The average molecular weight is 182 g/mol. The van der Waals surface area contributed by atoms with Crippen molar-refractivity contribution >= 4 is 16.0 Å². The van der Waals surface area contributed by atoms with Gasteiger partial charge in [0.15, 0.2) is 11.1 Å². The molecule has 0 aromatic heterocycles. The van der Waals surface area contributed by atoms with Gasteiger partial charge in [-0.1, -0.05) is 30.8 Å². The van der Waals surface area contributed by atoms with Crippen LogP contribution in [0, 0.1) is 6.92 Å². The number of hydrogen-bond donors (Lipinski definition) is 1. The van der Waals surface area contributed by atoms with E-state index in [1.54, 1.807) is 6.07 Å². The molecule has 1 aromatic carbocycles. The highest BCUT2D eigenvalue weighted by Crippen LogP contribution is 2.18. The minimum absolute atomic E-state index is 0.258. The minimum atomic E-state index is -1.97. The average Bonchev–Trinajstić information content (AvgIpc) is 2.04. The Morgan fingerprint density at radius 1 is 1.50 bits per heavy atom. The van der Waals surface area contributed by atoms with Crippen molar-refractivity contribution in [2.24, 2.45) is 0 Å². The molecular weight excluding hydrogens is 172 g/mol. The lowest BCUT2D eigenvalue weighted by Crippen LogP contribution is -1.93. The molecule has 1 aromatic rings. The highest BCUT2D eigenvalue weighted by Gasteiger charge is 2.06. The highest BCUT2D eigenvalue weighted by molar-refractivity contribution is 7.89. The molecule has 0 aliphatic heterocycles. The summed E-state index contributed by atoms with van der Waals surface area (Å²) in [5.41, 5.74) is 1.71. The normalized spacial score (nSPS) is 12.5. The fourth-order valence-corrected chi connectivity index (χ4v) is 1.40. The molecule has 2 nitrogen and oxygen atoms in total. The lowest BCUT2D eigenvalue weighted by Gasteiger charge is -2.03. The molecule has 0 bridgehead atoms. The first-order chi connectivity index (χ1) is 5.63. The molecule has 0 aliphatic carbocycles. The van der Waals surface area contributed by atoms with Crippen LogP contribution in [0.25, 0.3) is 4.91 Å². The SMILES string of the molecule is C=C(c1ccccc1C)S(=O)O. The van der Waals surface area contributed by atoms with Crippen LogP contribution in [-0.2, 0) is 11.1 Å². The Labute approximate surface area is 74.2 Å². The van der Waals surface area contributed by atoms with Crippen LogP contribution in [0.3, 0.4) is 0 Å².